The summed E-state index contributed by atoms with van der Waals surface area (Å²) in [4.78, 5) is 29.8. The van der Waals surface area contributed by atoms with Crippen molar-refractivity contribution in [3.05, 3.63) is 30.0 Å². The molecule has 0 radical (unpaired) electrons. The number of hydrogen-bond acceptors (Lipinski definition) is 8. The van der Waals surface area contributed by atoms with Crippen LogP contribution in [0.25, 0.3) is 0 Å². The van der Waals surface area contributed by atoms with Gasteiger partial charge in [0.15, 0.2) is 0 Å². The summed E-state index contributed by atoms with van der Waals surface area (Å²) in [7, 11) is 0. The predicted molar refractivity (Wildman–Crippen MR) is 95.5 cm³/mol. The number of phenolic OH excluding ortho intramolecular Hbond substituents is 1. The van der Waals surface area contributed by atoms with Crippen molar-refractivity contribution in [3.8, 4) is 5.75 Å². The highest BCUT2D eigenvalue weighted by Gasteiger charge is 2.25. The largest absolute Gasteiger partial charge is 0.506 e. The van der Waals surface area contributed by atoms with Crippen LogP contribution in [0.3, 0.4) is 0 Å². The van der Waals surface area contributed by atoms with Crippen LogP contribution in [0.2, 0.25) is 0 Å². The van der Waals surface area contributed by atoms with E-state index in [1.54, 1.807) is 25.3 Å². The second-order valence-electron chi connectivity index (χ2n) is 6.43. The SMILES string of the molecule is CC(=O)N1CCN(c2ccc(NC3=NC=C4COON3C4)c(O)c2)CC1. The number of guanidine groups is 1. The minimum atomic E-state index is 0.0985. The number of anilines is 2. The molecule has 1 aromatic rings. The third-order valence-electron chi connectivity index (χ3n) is 4.66. The van der Waals surface area contributed by atoms with Crippen LogP contribution in [0.1, 0.15) is 6.92 Å². The number of fused-ring (bicyclic) bond motifs is 2. The first kappa shape index (κ1) is 16.7. The van der Waals surface area contributed by atoms with Crippen molar-refractivity contribution in [3.63, 3.8) is 0 Å². The number of amides is 1. The number of benzene rings is 1. The normalized spacial score (nSPS) is 19.8. The lowest BCUT2D eigenvalue weighted by Crippen LogP contribution is -2.48. The molecule has 1 aromatic carbocycles. The van der Waals surface area contributed by atoms with E-state index in [9.17, 15) is 9.90 Å². The number of aromatic hydroxyl groups is 1. The number of carbonyl (C=O) groups is 1. The summed E-state index contributed by atoms with van der Waals surface area (Å²) in [6.45, 7) is 5.43. The minimum Gasteiger partial charge on any atom is -0.506 e. The van der Waals surface area contributed by atoms with E-state index in [1.807, 2.05) is 11.0 Å². The van der Waals surface area contributed by atoms with E-state index in [-0.39, 0.29) is 11.7 Å². The molecule has 3 aliphatic heterocycles. The first-order chi connectivity index (χ1) is 12.6. The molecule has 2 saturated heterocycles. The Morgan fingerprint density at radius 3 is 2.81 bits per heavy atom. The Bertz CT molecular complexity index is 770. The smallest absolute Gasteiger partial charge is 0.230 e. The van der Waals surface area contributed by atoms with Crippen LogP contribution in [0.15, 0.2) is 35.0 Å². The molecule has 0 spiro atoms. The average molecular weight is 359 g/mol. The number of piperazine rings is 1. The Labute approximate surface area is 151 Å². The lowest BCUT2D eigenvalue weighted by atomic mass is 10.2. The highest BCUT2D eigenvalue weighted by atomic mass is 17.3. The number of nitrogens with zero attached hydrogens (tertiary/aromatic N) is 4. The quantitative estimate of drug-likeness (QED) is 0.599. The molecule has 9 heteroatoms. The molecule has 2 N–H and O–H groups in total. The van der Waals surface area contributed by atoms with Crippen LogP contribution < -0.4 is 10.2 Å². The third kappa shape index (κ3) is 3.31. The van der Waals surface area contributed by atoms with Crippen molar-refractivity contribution in [2.75, 3.05) is 49.5 Å². The van der Waals surface area contributed by atoms with Crippen LogP contribution >= 0.6 is 0 Å². The lowest BCUT2D eigenvalue weighted by Gasteiger charge is -2.35. The molecule has 0 atom stereocenters. The van der Waals surface area contributed by atoms with Crippen molar-refractivity contribution in [2.24, 2.45) is 4.99 Å². The van der Waals surface area contributed by atoms with E-state index in [1.165, 1.54) is 5.06 Å². The predicted octanol–water partition coefficient (Wildman–Crippen LogP) is 0.905. The van der Waals surface area contributed by atoms with Gasteiger partial charge in [0.1, 0.15) is 12.4 Å². The highest BCUT2D eigenvalue weighted by Crippen LogP contribution is 2.30. The molecule has 4 rings (SSSR count). The van der Waals surface area contributed by atoms with E-state index < -0.39 is 0 Å². The molecule has 0 saturated carbocycles. The second kappa shape index (κ2) is 6.85. The summed E-state index contributed by atoms with van der Waals surface area (Å²) in [5.41, 5.74) is 2.47. The molecule has 0 aromatic heterocycles. The van der Waals surface area contributed by atoms with Crippen molar-refractivity contribution in [1.29, 1.82) is 0 Å². The van der Waals surface area contributed by atoms with E-state index >= 15 is 0 Å². The zero-order valence-electron chi connectivity index (χ0n) is 14.5. The molecule has 9 nitrogen and oxygen atoms in total. The van der Waals surface area contributed by atoms with Crippen molar-refractivity contribution >= 4 is 23.2 Å². The number of carbonyl (C=O) groups excluding carboxylic acids is 1. The standard InChI is InChI=1S/C17H21N5O4/c1-12(23)20-4-6-21(7-5-20)14-2-3-15(16(24)8-14)19-17-18-9-13-10-22(17)26-25-11-13/h2-3,8-9,24H,4-7,10-11H2,1H3,(H,18,19). The Balaban J connectivity index is 1.44. The van der Waals surface area contributed by atoms with E-state index in [0.717, 1.165) is 24.4 Å². The number of phenols is 1. The molecule has 1 amide bonds. The summed E-state index contributed by atoms with van der Waals surface area (Å²) >= 11 is 0. The van der Waals surface area contributed by atoms with Crippen LogP contribution in [0.4, 0.5) is 11.4 Å². The molecule has 2 fully saturated rings. The van der Waals surface area contributed by atoms with Gasteiger partial charge in [-0.3, -0.25) is 4.79 Å². The van der Waals surface area contributed by atoms with Gasteiger partial charge in [-0.05, 0) is 17.7 Å². The van der Waals surface area contributed by atoms with Crippen molar-refractivity contribution < 1.29 is 19.8 Å². The highest BCUT2D eigenvalue weighted by molar-refractivity contribution is 5.95. The zero-order chi connectivity index (χ0) is 18.1. The maximum absolute atomic E-state index is 11.4. The van der Waals surface area contributed by atoms with Gasteiger partial charge in [0.25, 0.3) is 0 Å². The average Bonchev–Trinajstić information content (AvgIpc) is 2.66. The summed E-state index contributed by atoms with van der Waals surface area (Å²) < 4.78 is 0. The first-order valence-electron chi connectivity index (χ1n) is 8.53. The van der Waals surface area contributed by atoms with Crippen molar-refractivity contribution in [2.45, 2.75) is 6.92 Å². The summed E-state index contributed by atoms with van der Waals surface area (Å²) in [6.07, 6.45) is 1.74. The van der Waals surface area contributed by atoms with Crippen LogP contribution in [0, 0.1) is 0 Å². The summed E-state index contributed by atoms with van der Waals surface area (Å²) in [5, 5.41) is 15.0. The molecule has 26 heavy (non-hydrogen) atoms. The maximum atomic E-state index is 11.4. The molecule has 3 heterocycles. The Hall–Kier alpha value is -2.78. The minimum absolute atomic E-state index is 0.0985. The number of rotatable bonds is 2. The fraction of sp³-hybridized carbons (Fsp3) is 0.412. The number of hydrogen-bond donors (Lipinski definition) is 2. The molecule has 3 aliphatic rings. The van der Waals surface area contributed by atoms with E-state index in [0.29, 0.717) is 37.9 Å². The van der Waals surface area contributed by atoms with E-state index in [2.05, 4.69) is 15.2 Å². The second-order valence-corrected chi connectivity index (χ2v) is 6.43. The Kier molecular flexibility index (Phi) is 4.39. The topological polar surface area (TPSA) is 89.9 Å². The van der Waals surface area contributed by atoms with Gasteiger partial charge in [0.2, 0.25) is 11.9 Å². The van der Waals surface area contributed by atoms with Gasteiger partial charge >= 0.3 is 0 Å². The Morgan fingerprint density at radius 1 is 1.27 bits per heavy atom. The van der Waals surface area contributed by atoms with Crippen LogP contribution in [-0.4, -0.2) is 66.3 Å². The van der Waals surface area contributed by atoms with Gasteiger partial charge in [0, 0.05) is 51.1 Å². The molecular formula is C17H21N5O4. The Morgan fingerprint density at radius 2 is 2.08 bits per heavy atom. The van der Waals surface area contributed by atoms with Crippen molar-refractivity contribution in [1.82, 2.24) is 9.96 Å². The number of hydroxylamine groups is 2. The first-order valence-corrected chi connectivity index (χ1v) is 8.53. The van der Waals surface area contributed by atoms with Crippen LogP contribution in [-0.2, 0) is 14.7 Å². The van der Waals surface area contributed by atoms with Gasteiger partial charge in [-0.1, -0.05) is 0 Å². The fourth-order valence-corrected chi connectivity index (χ4v) is 3.14. The lowest BCUT2D eigenvalue weighted by molar-refractivity contribution is -0.410. The van der Waals surface area contributed by atoms with Gasteiger partial charge in [-0.2, -0.15) is 5.06 Å². The van der Waals surface area contributed by atoms with Gasteiger partial charge in [0.05, 0.1) is 12.2 Å². The number of nitrogens with one attached hydrogen (secondary N) is 1. The maximum Gasteiger partial charge on any atom is 0.230 e. The zero-order valence-corrected chi connectivity index (χ0v) is 14.5. The summed E-state index contributed by atoms with van der Waals surface area (Å²) in [5.74, 6) is 0.667. The van der Waals surface area contributed by atoms with Gasteiger partial charge in [-0.25, -0.2) is 9.88 Å². The molecule has 0 aliphatic carbocycles. The fourth-order valence-electron chi connectivity index (χ4n) is 3.14. The molecular weight excluding hydrogens is 338 g/mol. The number of aliphatic imine (C=N–C) groups is 1. The van der Waals surface area contributed by atoms with Gasteiger partial charge in [-0.15, -0.1) is 4.99 Å². The molecule has 2 bridgehead atoms. The molecule has 138 valence electrons. The van der Waals surface area contributed by atoms with Crippen LogP contribution in [0.5, 0.6) is 5.75 Å². The van der Waals surface area contributed by atoms with E-state index in [4.69, 9.17) is 9.88 Å². The third-order valence-corrected chi connectivity index (χ3v) is 4.66. The monoisotopic (exact) mass is 359 g/mol. The van der Waals surface area contributed by atoms with Gasteiger partial charge < -0.3 is 20.2 Å². The summed E-state index contributed by atoms with van der Waals surface area (Å²) in [6, 6.07) is 5.45. The molecule has 0 unspecified atom stereocenters.